The van der Waals surface area contributed by atoms with Gasteiger partial charge in [-0.15, -0.1) is 9.78 Å². The Balaban J connectivity index is 1.78. The summed E-state index contributed by atoms with van der Waals surface area (Å²) in [6.45, 7) is 1.45. The zero-order chi connectivity index (χ0) is 27.9. The third-order valence-electron chi connectivity index (χ3n) is 5.75. The van der Waals surface area contributed by atoms with E-state index in [2.05, 4.69) is 25.4 Å². The lowest BCUT2D eigenvalue weighted by molar-refractivity contribution is -0.141. The number of aromatic amines is 1. The van der Waals surface area contributed by atoms with Crippen molar-refractivity contribution < 1.29 is 18.7 Å². The molecule has 4 aromatic rings. The van der Waals surface area contributed by atoms with Gasteiger partial charge in [0.15, 0.2) is 5.82 Å². The molecule has 0 radical (unpaired) electrons. The Hall–Kier alpha value is -5.07. The molecule has 0 fully saturated rings. The number of anilines is 1. The predicted molar refractivity (Wildman–Crippen MR) is 141 cm³/mol. The fourth-order valence-corrected chi connectivity index (χ4v) is 3.88. The number of ether oxygens (including phenoxy) is 2. The maximum absolute atomic E-state index is 16.0. The number of rotatable bonds is 11. The van der Waals surface area contributed by atoms with E-state index in [1.54, 1.807) is 36.4 Å². The predicted octanol–water partition coefficient (Wildman–Crippen LogP) is 2.48. The first-order chi connectivity index (χ1) is 18.8. The van der Waals surface area contributed by atoms with E-state index < -0.39 is 23.5 Å². The van der Waals surface area contributed by atoms with Crippen LogP contribution in [0.15, 0.2) is 59.7 Å². The summed E-state index contributed by atoms with van der Waals surface area (Å²) in [6, 6.07) is 10.4. The molecule has 2 heterocycles. The molecule has 0 unspecified atom stereocenters. The Morgan fingerprint density at radius 3 is 2.59 bits per heavy atom. The van der Waals surface area contributed by atoms with E-state index in [0.29, 0.717) is 29.0 Å². The van der Waals surface area contributed by atoms with Crippen molar-refractivity contribution in [3.63, 3.8) is 0 Å². The van der Waals surface area contributed by atoms with Crippen LogP contribution in [-0.4, -0.2) is 50.3 Å². The van der Waals surface area contributed by atoms with Gasteiger partial charge < -0.3 is 20.5 Å². The quantitative estimate of drug-likeness (QED) is 0.0975. The van der Waals surface area contributed by atoms with Crippen molar-refractivity contribution >= 4 is 17.5 Å². The van der Waals surface area contributed by atoms with E-state index in [-0.39, 0.29) is 36.2 Å². The van der Waals surface area contributed by atoms with Crippen molar-refractivity contribution in [2.24, 2.45) is 5.73 Å². The van der Waals surface area contributed by atoms with E-state index >= 15 is 4.39 Å². The van der Waals surface area contributed by atoms with Gasteiger partial charge in [0, 0.05) is 36.1 Å². The normalized spacial score (nSPS) is 11.6. The average Bonchev–Trinajstić information content (AvgIpc) is 3.32. The van der Waals surface area contributed by atoms with E-state index in [9.17, 15) is 9.59 Å². The van der Waals surface area contributed by atoms with Gasteiger partial charge in [-0.3, -0.25) is 15.2 Å². The molecular formula is C26H27FN8O4. The number of esters is 1. The van der Waals surface area contributed by atoms with Crippen molar-refractivity contribution in [2.75, 3.05) is 19.0 Å². The van der Waals surface area contributed by atoms with Crippen LogP contribution in [0, 0.1) is 11.2 Å². The first kappa shape index (κ1) is 27.0. The molecule has 4 rings (SSSR count). The van der Waals surface area contributed by atoms with Crippen molar-refractivity contribution in [2.45, 2.75) is 25.8 Å². The molecule has 5 N–H and O–H groups in total. The summed E-state index contributed by atoms with van der Waals surface area (Å²) in [5, 5.41) is 15.2. The summed E-state index contributed by atoms with van der Waals surface area (Å²) < 4.78 is 27.4. The fraction of sp³-hybridized carbons (Fsp3) is 0.231. The van der Waals surface area contributed by atoms with Crippen molar-refractivity contribution in [1.82, 2.24) is 24.7 Å². The molecule has 13 heteroatoms. The molecule has 0 aliphatic carbocycles. The number of nitrogens with zero attached hydrogens (tertiary/aromatic N) is 4. The SMILES string of the molecule is COc1cc(CCCOC(C)=O)c(F)c([C@H](Nc2ccc(C(=N)N)cc2)c2nn(-c3ncccn3)c(=O)[nH]2)c1. The van der Waals surface area contributed by atoms with Crippen LogP contribution in [0.25, 0.3) is 5.95 Å². The Kier molecular flexibility index (Phi) is 8.29. The van der Waals surface area contributed by atoms with Gasteiger partial charge >= 0.3 is 11.7 Å². The van der Waals surface area contributed by atoms with E-state index in [1.165, 1.54) is 32.5 Å². The molecule has 2 aromatic carbocycles. The maximum Gasteiger partial charge on any atom is 0.350 e. The van der Waals surface area contributed by atoms with Crippen LogP contribution in [0.5, 0.6) is 5.75 Å². The molecule has 0 saturated heterocycles. The van der Waals surface area contributed by atoms with Gasteiger partial charge in [-0.1, -0.05) is 0 Å². The van der Waals surface area contributed by atoms with Gasteiger partial charge in [0.05, 0.1) is 13.7 Å². The fourth-order valence-electron chi connectivity index (χ4n) is 3.88. The third kappa shape index (κ3) is 6.44. The van der Waals surface area contributed by atoms with Gasteiger partial charge in [-0.05, 0) is 60.9 Å². The lowest BCUT2D eigenvalue weighted by atomic mass is 9.98. The van der Waals surface area contributed by atoms with Gasteiger partial charge in [-0.2, -0.15) is 0 Å². The molecule has 0 amide bonds. The molecule has 12 nitrogen and oxygen atoms in total. The minimum atomic E-state index is -0.979. The van der Waals surface area contributed by atoms with Gasteiger partial charge in [-0.25, -0.2) is 19.2 Å². The number of methoxy groups -OCH3 is 1. The number of carbonyl (C=O) groups excluding carboxylic acids is 1. The summed E-state index contributed by atoms with van der Waals surface area (Å²) in [5.74, 6) is -0.512. The van der Waals surface area contributed by atoms with E-state index in [1.807, 2.05) is 0 Å². The number of nitrogens with two attached hydrogens (primary N) is 1. The molecule has 0 saturated carbocycles. The number of nitrogen functional groups attached to an aromatic ring is 1. The average molecular weight is 535 g/mol. The minimum absolute atomic E-state index is 0.0480. The van der Waals surface area contributed by atoms with Crippen LogP contribution < -0.4 is 21.5 Å². The Labute approximate surface area is 222 Å². The summed E-state index contributed by atoms with van der Waals surface area (Å²) in [6.07, 6.45) is 3.61. The van der Waals surface area contributed by atoms with Crippen LogP contribution >= 0.6 is 0 Å². The maximum atomic E-state index is 16.0. The minimum Gasteiger partial charge on any atom is -0.497 e. The number of benzene rings is 2. The van der Waals surface area contributed by atoms with Crippen molar-refractivity contribution in [3.8, 4) is 11.7 Å². The number of aromatic nitrogens is 5. The number of H-pyrrole nitrogens is 1. The summed E-state index contributed by atoms with van der Waals surface area (Å²) in [4.78, 5) is 34.7. The number of hydrogen-bond acceptors (Lipinski definition) is 9. The van der Waals surface area contributed by atoms with Crippen molar-refractivity contribution in [1.29, 1.82) is 5.41 Å². The second-order valence-electron chi connectivity index (χ2n) is 8.48. The Bertz CT molecular complexity index is 1520. The van der Waals surface area contributed by atoms with Gasteiger partial charge in [0.1, 0.15) is 23.4 Å². The lowest BCUT2D eigenvalue weighted by Gasteiger charge is -2.21. The van der Waals surface area contributed by atoms with Crippen LogP contribution in [0.1, 0.15) is 41.9 Å². The second kappa shape index (κ2) is 12.0. The number of hydrogen-bond donors (Lipinski definition) is 4. The van der Waals surface area contributed by atoms with E-state index in [4.69, 9.17) is 20.6 Å². The first-order valence-corrected chi connectivity index (χ1v) is 11.9. The molecule has 0 aliphatic heterocycles. The Morgan fingerprint density at radius 1 is 1.23 bits per heavy atom. The van der Waals surface area contributed by atoms with Gasteiger partial charge in [0.2, 0.25) is 0 Å². The molecular weight excluding hydrogens is 507 g/mol. The van der Waals surface area contributed by atoms with Crippen LogP contribution in [-0.2, 0) is 16.0 Å². The van der Waals surface area contributed by atoms with Crippen LogP contribution in [0.3, 0.4) is 0 Å². The number of nitrogens with one attached hydrogen (secondary N) is 3. The smallest absolute Gasteiger partial charge is 0.350 e. The van der Waals surface area contributed by atoms with Crippen molar-refractivity contribution in [3.05, 3.63) is 93.7 Å². The third-order valence-corrected chi connectivity index (χ3v) is 5.75. The first-order valence-electron chi connectivity index (χ1n) is 11.9. The molecule has 0 bridgehead atoms. The summed E-state index contributed by atoms with van der Waals surface area (Å²) in [5.41, 5.74) is 6.51. The monoisotopic (exact) mass is 534 g/mol. The van der Waals surface area contributed by atoms with Crippen LogP contribution in [0.2, 0.25) is 0 Å². The second-order valence-corrected chi connectivity index (χ2v) is 8.48. The van der Waals surface area contributed by atoms with Gasteiger partial charge in [0.25, 0.3) is 5.95 Å². The highest BCUT2D eigenvalue weighted by atomic mass is 19.1. The standard InChI is InChI=1S/C26H27FN8O4/c1-15(36)39-12-3-5-17-13-19(38-2)14-20(21(17)27)22(32-18-8-6-16(7-9-18)23(28)29)24-33-26(37)35(34-24)25-30-10-4-11-31-25/h4,6-11,13-14,22,32H,3,5,12H2,1-2H3,(H3,28,29)(H,33,34,37)/t22-/m0/s1. The molecule has 39 heavy (non-hydrogen) atoms. The number of amidine groups is 1. The molecule has 0 spiro atoms. The molecule has 202 valence electrons. The van der Waals surface area contributed by atoms with E-state index in [0.717, 1.165) is 4.68 Å². The largest absolute Gasteiger partial charge is 0.497 e. The summed E-state index contributed by atoms with van der Waals surface area (Å²) in [7, 11) is 1.46. The number of halogens is 1. The van der Waals surface area contributed by atoms with Crippen LogP contribution in [0.4, 0.5) is 10.1 Å². The summed E-state index contributed by atoms with van der Waals surface area (Å²) >= 11 is 0. The molecule has 2 aromatic heterocycles. The highest BCUT2D eigenvalue weighted by molar-refractivity contribution is 5.95. The number of aryl methyl sites for hydroxylation is 1. The zero-order valence-corrected chi connectivity index (χ0v) is 21.3. The Morgan fingerprint density at radius 2 is 1.95 bits per heavy atom. The zero-order valence-electron chi connectivity index (χ0n) is 21.3. The topological polar surface area (TPSA) is 174 Å². The molecule has 1 atom stereocenters. The lowest BCUT2D eigenvalue weighted by Crippen LogP contribution is -2.18. The highest BCUT2D eigenvalue weighted by Gasteiger charge is 2.26. The number of carbonyl (C=O) groups is 1. The highest BCUT2D eigenvalue weighted by Crippen LogP contribution is 2.32. The molecule has 0 aliphatic rings.